The van der Waals surface area contributed by atoms with Gasteiger partial charge in [0.2, 0.25) is 5.95 Å². The summed E-state index contributed by atoms with van der Waals surface area (Å²) < 4.78 is 1.82. The highest BCUT2D eigenvalue weighted by molar-refractivity contribution is 5.99. The molecular weight excluding hydrogens is 352 g/mol. The van der Waals surface area contributed by atoms with E-state index < -0.39 is 0 Å². The minimum absolute atomic E-state index is 0.174. The van der Waals surface area contributed by atoms with Crippen molar-refractivity contribution in [1.82, 2.24) is 14.8 Å². The highest BCUT2D eigenvalue weighted by atomic mass is 16.3. The highest BCUT2D eigenvalue weighted by Crippen LogP contribution is 2.40. The first-order chi connectivity index (χ1) is 13.6. The molecule has 0 saturated carbocycles. The van der Waals surface area contributed by atoms with Crippen LogP contribution in [0.1, 0.15) is 36.4 Å². The third-order valence-electron chi connectivity index (χ3n) is 5.35. The number of phenolic OH excluding ortho intramolecular Hbond substituents is 1. The number of Topliss-reactive ketones (excluding diaryl/α,β-unsaturated/α-hetero) is 1. The van der Waals surface area contributed by atoms with Gasteiger partial charge in [-0.2, -0.15) is 4.98 Å². The van der Waals surface area contributed by atoms with Crippen molar-refractivity contribution < 1.29 is 9.90 Å². The summed E-state index contributed by atoms with van der Waals surface area (Å²) in [6.45, 7) is 2.05. The molecule has 140 valence electrons. The SMILES string of the molecule is Cc1cccc(C2C3=C(CCCC3=O)Nc3nc(-c4ccc(O)cc4)nn32)c1. The largest absolute Gasteiger partial charge is 0.508 e. The molecule has 5 rings (SSSR count). The zero-order valence-corrected chi connectivity index (χ0v) is 15.5. The van der Waals surface area contributed by atoms with E-state index in [1.54, 1.807) is 24.3 Å². The van der Waals surface area contributed by atoms with Gasteiger partial charge in [-0.25, -0.2) is 4.68 Å². The number of fused-ring (bicyclic) bond motifs is 1. The molecule has 0 radical (unpaired) electrons. The van der Waals surface area contributed by atoms with Crippen molar-refractivity contribution in [3.8, 4) is 17.1 Å². The molecule has 2 N–H and O–H groups in total. The van der Waals surface area contributed by atoms with Gasteiger partial charge in [0.05, 0.1) is 0 Å². The Bertz CT molecular complexity index is 1110. The number of hydrogen-bond acceptors (Lipinski definition) is 5. The molecule has 0 fully saturated rings. The van der Waals surface area contributed by atoms with Gasteiger partial charge in [-0.15, -0.1) is 5.10 Å². The van der Waals surface area contributed by atoms with Crippen LogP contribution >= 0.6 is 0 Å². The molecule has 2 heterocycles. The lowest BCUT2D eigenvalue weighted by Crippen LogP contribution is -2.31. The van der Waals surface area contributed by atoms with Gasteiger partial charge in [0.15, 0.2) is 11.6 Å². The molecule has 1 aliphatic heterocycles. The van der Waals surface area contributed by atoms with Gasteiger partial charge < -0.3 is 10.4 Å². The van der Waals surface area contributed by atoms with Gasteiger partial charge in [0.25, 0.3) is 0 Å². The summed E-state index contributed by atoms with van der Waals surface area (Å²) in [6.07, 6.45) is 2.26. The molecular formula is C22H20N4O2. The molecule has 0 amide bonds. The molecule has 3 aromatic rings. The fourth-order valence-electron chi connectivity index (χ4n) is 4.04. The molecule has 2 aliphatic rings. The van der Waals surface area contributed by atoms with E-state index in [-0.39, 0.29) is 17.6 Å². The fraction of sp³-hybridized carbons (Fsp3) is 0.227. The number of nitrogens with one attached hydrogen (secondary N) is 1. The number of aromatic nitrogens is 3. The number of carbonyl (C=O) groups is 1. The van der Waals surface area contributed by atoms with E-state index in [1.807, 2.05) is 29.8 Å². The fourth-order valence-corrected chi connectivity index (χ4v) is 4.04. The second kappa shape index (κ2) is 6.34. The van der Waals surface area contributed by atoms with E-state index in [4.69, 9.17) is 5.10 Å². The van der Waals surface area contributed by atoms with E-state index in [2.05, 4.69) is 16.4 Å². The van der Waals surface area contributed by atoms with E-state index in [9.17, 15) is 9.90 Å². The normalized spacial score (nSPS) is 18.5. The van der Waals surface area contributed by atoms with E-state index in [0.717, 1.165) is 40.8 Å². The molecule has 6 heteroatoms. The monoisotopic (exact) mass is 372 g/mol. The maximum absolute atomic E-state index is 12.8. The van der Waals surface area contributed by atoms with Crippen LogP contribution in [-0.4, -0.2) is 25.7 Å². The number of aryl methyl sites for hydroxylation is 1. The lowest BCUT2D eigenvalue weighted by Gasteiger charge is -2.32. The van der Waals surface area contributed by atoms with Crippen LogP contribution in [0.5, 0.6) is 5.75 Å². The maximum atomic E-state index is 12.8. The number of nitrogens with zero attached hydrogens (tertiary/aromatic N) is 3. The zero-order valence-electron chi connectivity index (χ0n) is 15.5. The van der Waals surface area contributed by atoms with Crippen molar-refractivity contribution >= 4 is 11.7 Å². The lowest BCUT2D eigenvalue weighted by molar-refractivity contribution is -0.116. The average Bonchev–Trinajstić information content (AvgIpc) is 3.10. The molecule has 0 saturated heterocycles. The van der Waals surface area contributed by atoms with E-state index in [0.29, 0.717) is 18.2 Å². The van der Waals surface area contributed by atoms with Gasteiger partial charge in [0.1, 0.15) is 11.8 Å². The summed E-state index contributed by atoms with van der Waals surface area (Å²) in [6, 6.07) is 14.7. The third kappa shape index (κ3) is 2.69. The molecule has 6 nitrogen and oxygen atoms in total. The number of phenols is 1. The predicted octanol–water partition coefficient (Wildman–Crippen LogP) is 3.98. The maximum Gasteiger partial charge on any atom is 0.226 e. The summed E-state index contributed by atoms with van der Waals surface area (Å²) in [5.74, 6) is 1.58. The van der Waals surface area contributed by atoms with Crippen LogP contribution < -0.4 is 5.32 Å². The number of carbonyl (C=O) groups excluding carboxylic acids is 1. The molecule has 1 unspecified atom stereocenters. The average molecular weight is 372 g/mol. The Morgan fingerprint density at radius 1 is 1.14 bits per heavy atom. The van der Waals surface area contributed by atoms with Crippen molar-refractivity contribution in [1.29, 1.82) is 0 Å². The Morgan fingerprint density at radius 3 is 2.75 bits per heavy atom. The lowest BCUT2D eigenvalue weighted by atomic mass is 9.85. The number of hydrogen-bond donors (Lipinski definition) is 2. The van der Waals surface area contributed by atoms with Crippen molar-refractivity contribution in [2.24, 2.45) is 0 Å². The van der Waals surface area contributed by atoms with Gasteiger partial charge in [-0.3, -0.25) is 4.79 Å². The molecule has 0 spiro atoms. The van der Waals surface area contributed by atoms with Gasteiger partial charge >= 0.3 is 0 Å². The van der Waals surface area contributed by atoms with Crippen molar-refractivity contribution in [2.45, 2.75) is 32.2 Å². The molecule has 1 aliphatic carbocycles. The smallest absolute Gasteiger partial charge is 0.226 e. The number of allylic oxidation sites excluding steroid dienone is 2. The van der Waals surface area contributed by atoms with Crippen LogP contribution in [0.25, 0.3) is 11.4 Å². The van der Waals surface area contributed by atoms with Crippen molar-refractivity contribution in [3.05, 3.63) is 70.9 Å². The Kier molecular flexibility index (Phi) is 3.79. The Morgan fingerprint density at radius 2 is 1.96 bits per heavy atom. The molecule has 2 aromatic carbocycles. The van der Waals surface area contributed by atoms with Crippen molar-refractivity contribution in [3.63, 3.8) is 0 Å². The highest BCUT2D eigenvalue weighted by Gasteiger charge is 2.36. The first-order valence-electron chi connectivity index (χ1n) is 9.46. The second-order valence-corrected chi connectivity index (χ2v) is 7.36. The van der Waals surface area contributed by atoms with Crippen LogP contribution in [0.4, 0.5) is 5.95 Å². The predicted molar refractivity (Wildman–Crippen MR) is 106 cm³/mol. The topological polar surface area (TPSA) is 80.0 Å². The number of aromatic hydroxyl groups is 1. The van der Waals surface area contributed by atoms with E-state index in [1.165, 1.54) is 0 Å². The Labute approximate surface area is 162 Å². The minimum atomic E-state index is -0.280. The second-order valence-electron chi connectivity index (χ2n) is 7.36. The standard InChI is InChI=1S/C22H20N4O2/c1-13-4-2-5-15(12-13)20-19-17(6-3-7-18(19)28)23-22-24-21(25-26(20)22)14-8-10-16(27)11-9-14/h2,4-5,8-12,20,27H,3,6-7H2,1H3,(H,23,24,25). The van der Waals surface area contributed by atoms with Gasteiger partial charge in [-0.1, -0.05) is 29.8 Å². The van der Waals surface area contributed by atoms with Crippen molar-refractivity contribution in [2.75, 3.05) is 5.32 Å². The van der Waals surface area contributed by atoms with Gasteiger partial charge in [-0.05, 0) is 49.6 Å². The summed E-state index contributed by atoms with van der Waals surface area (Å²) in [5, 5.41) is 17.6. The molecule has 1 aromatic heterocycles. The van der Waals surface area contributed by atoms with Crippen LogP contribution in [0.15, 0.2) is 59.8 Å². The van der Waals surface area contributed by atoms with Crippen LogP contribution in [0.2, 0.25) is 0 Å². The Balaban J connectivity index is 1.68. The van der Waals surface area contributed by atoms with Crippen LogP contribution in [-0.2, 0) is 4.79 Å². The van der Waals surface area contributed by atoms with Crippen LogP contribution in [0, 0.1) is 6.92 Å². The minimum Gasteiger partial charge on any atom is -0.508 e. The first kappa shape index (κ1) is 16.7. The number of rotatable bonds is 2. The Hall–Kier alpha value is -3.41. The molecule has 1 atom stereocenters. The van der Waals surface area contributed by atoms with Crippen LogP contribution in [0.3, 0.4) is 0 Å². The summed E-state index contributed by atoms with van der Waals surface area (Å²) in [7, 11) is 0. The number of ketones is 1. The summed E-state index contributed by atoms with van der Waals surface area (Å²) in [4.78, 5) is 17.5. The van der Waals surface area contributed by atoms with Gasteiger partial charge in [0, 0.05) is 23.3 Å². The molecule has 28 heavy (non-hydrogen) atoms. The first-order valence-corrected chi connectivity index (χ1v) is 9.46. The number of anilines is 1. The summed E-state index contributed by atoms with van der Waals surface area (Å²) in [5.41, 5.74) is 4.75. The summed E-state index contributed by atoms with van der Waals surface area (Å²) >= 11 is 0. The van der Waals surface area contributed by atoms with E-state index >= 15 is 0 Å². The number of benzene rings is 2. The molecule has 0 bridgehead atoms. The zero-order chi connectivity index (χ0) is 19.3. The quantitative estimate of drug-likeness (QED) is 0.711. The third-order valence-corrected chi connectivity index (χ3v) is 5.35.